The van der Waals surface area contributed by atoms with Crippen LogP contribution in [0.3, 0.4) is 0 Å². The fourth-order valence-electron chi connectivity index (χ4n) is 1.53. The van der Waals surface area contributed by atoms with Gasteiger partial charge in [0.1, 0.15) is 5.82 Å². The number of benzene rings is 1. The van der Waals surface area contributed by atoms with E-state index in [1.165, 1.54) is 23.9 Å². The molecular weight excluding hydrogens is 267 g/mol. The van der Waals surface area contributed by atoms with E-state index < -0.39 is 11.8 Å². The van der Waals surface area contributed by atoms with Crippen LogP contribution in [-0.4, -0.2) is 21.0 Å². The second kappa shape index (κ2) is 5.79. The van der Waals surface area contributed by atoms with Gasteiger partial charge in [0.05, 0.1) is 5.56 Å². The molecule has 1 aromatic heterocycles. The Bertz CT molecular complexity index is 619. The molecule has 0 unspecified atom stereocenters. The number of rotatable bonds is 4. The molecule has 0 bridgehead atoms. The van der Waals surface area contributed by atoms with Gasteiger partial charge >= 0.3 is 5.97 Å². The van der Waals surface area contributed by atoms with Gasteiger partial charge < -0.3 is 5.11 Å². The molecular formula is C13H11FN2O2S. The molecule has 0 amide bonds. The first kappa shape index (κ1) is 13.5. The van der Waals surface area contributed by atoms with Gasteiger partial charge in [-0.25, -0.2) is 19.2 Å². The summed E-state index contributed by atoms with van der Waals surface area (Å²) in [5, 5.41) is 9.58. The van der Waals surface area contributed by atoms with Gasteiger partial charge in [-0.05, 0) is 36.8 Å². The van der Waals surface area contributed by atoms with Gasteiger partial charge in [0.15, 0.2) is 5.16 Å². The SMILES string of the molecule is Cc1ccnc(SCc2cc(F)ccc2C(=O)O)n1. The molecule has 0 aliphatic carbocycles. The summed E-state index contributed by atoms with van der Waals surface area (Å²) in [4.78, 5) is 19.3. The van der Waals surface area contributed by atoms with Gasteiger partial charge in [0.25, 0.3) is 0 Å². The van der Waals surface area contributed by atoms with Crippen molar-refractivity contribution in [2.45, 2.75) is 17.8 Å². The summed E-state index contributed by atoms with van der Waals surface area (Å²) < 4.78 is 13.2. The van der Waals surface area contributed by atoms with E-state index in [1.807, 2.05) is 6.92 Å². The topological polar surface area (TPSA) is 63.1 Å². The summed E-state index contributed by atoms with van der Waals surface area (Å²) in [5.74, 6) is -1.21. The summed E-state index contributed by atoms with van der Waals surface area (Å²) in [6.45, 7) is 1.84. The molecule has 4 nitrogen and oxygen atoms in total. The average Bonchev–Trinajstić information content (AvgIpc) is 2.36. The third kappa shape index (κ3) is 3.51. The van der Waals surface area contributed by atoms with Crippen molar-refractivity contribution >= 4 is 17.7 Å². The van der Waals surface area contributed by atoms with Crippen LogP contribution in [0.5, 0.6) is 0 Å². The van der Waals surface area contributed by atoms with E-state index in [9.17, 15) is 9.18 Å². The predicted octanol–water partition coefficient (Wildman–Crippen LogP) is 2.91. The normalized spacial score (nSPS) is 10.4. The van der Waals surface area contributed by atoms with Crippen molar-refractivity contribution in [2.75, 3.05) is 0 Å². The number of hydrogen-bond donors (Lipinski definition) is 1. The van der Waals surface area contributed by atoms with Crippen molar-refractivity contribution in [1.29, 1.82) is 0 Å². The second-order valence-corrected chi connectivity index (χ2v) is 4.82. The van der Waals surface area contributed by atoms with E-state index in [0.717, 1.165) is 11.8 Å². The standard InChI is InChI=1S/C13H11FN2O2S/c1-8-4-5-15-13(16-8)19-7-9-6-10(14)2-3-11(9)12(17)18/h2-6H,7H2,1H3,(H,17,18). The fraction of sp³-hybridized carbons (Fsp3) is 0.154. The number of carboxylic acids is 1. The Morgan fingerprint density at radius 1 is 1.42 bits per heavy atom. The Labute approximate surface area is 113 Å². The quantitative estimate of drug-likeness (QED) is 0.688. The van der Waals surface area contributed by atoms with Crippen LogP contribution in [0.4, 0.5) is 4.39 Å². The third-order valence-electron chi connectivity index (χ3n) is 2.43. The molecule has 1 heterocycles. The van der Waals surface area contributed by atoms with E-state index in [2.05, 4.69) is 9.97 Å². The lowest BCUT2D eigenvalue weighted by molar-refractivity contribution is 0.0696. The predicted molar refractivity (Wildman–Crippen MR) is 69.7 cm³/mol. The van der Waals surface area contributed by atoms with Crippen LogP contribution in [0, 0.1) is 12.7 Å². The molecule has 2 aromatic rings. The van der Waals surface area contributed by atoms with Crippen LogP contribution in [0.1, 0.15) is 21.6 Å². The molecule has 0 spiro atoms. The highest BCUT2D eigenvalue weighted by Gasteiger charge is 2.11. The Hall–Kier alpha value is -1.95. The van der Waals surface area contributed by atoms with E-state index in [-0.39, 0.29) is 5.56 Å². The molecule has 19 heavy (non-hydrogen) atoms. The first-order chi connectivity index (χ1) is 9.06. The zero-order chi connectivity index (χ0) is 13.8. The number of halogens is 1. The van der Waals surface area contributed by atoms with E-state index in [1.54, 1.807) is 12.3 Å². The summed E-state index contributed by atoms with van der Waals surface area (Å²) in [6, 6.07) is 5.41. The van der Waals surface area contributed by atoms with Gasteiger partial charge in [-0.15, -0.1) is 0 Å². The number of hydrogen-bond acceptors (Lipinski definition) is 4. The van der Waals surface area contributed by atoms with Crippen molar-refractivity contribution in [3.05, 3.63) is 53.1 Å². The minimum atomic E-state index is -1.07. The molecule has 98 valence electrons. The van der Waals surface area contributed by atoms with Crippen LogP contribution in [0.2, 0.25) is 0 Å². The van der Waals surface area contributed by atoms with Crippen LogP contribution < -0.4 is 0 Å². The van der Waals surface area contributed by atoms with E-state index in [4.69, 9.17) is 5.11 Å². The number of carboxylic acid groups (broad SMARTS) is 1. The highest BCUT2D eigenvalue weighted by molar-refractivity contribution is 7.98. The fourth-order valence-corrected chi connectivity index (χ4v) is 2.40. The molecule has 0 saturated heterocycles. The Morgan fingerprint density at radius 3 is 2.89 bits per heavy atom. The number of aryl methyl sites for hydroxylation is 1. The van der Waals surface area contributed by atoms with E-state index >= 15 is 0 Å². The molecule has 0 saturated carbocycles. The van der Waals surface area contributed by atoms with Crippen molar-refractivity contribution in [3.63, 3.8) is 0 Å². The number of carbonyl (C=O) groups is 1. The second-order valence-electron chi connectivity index (χ2n) is 3.88. The maximum atomic E-state index is 13.2. The minimum Gasteiger partial charge on any atom is -0.478 e. The molecule has 0 aliphatic rings. The van der Waals surface area contributed by atoms with E-state index in [0.29, 0.717) is 16.5 Å². The van der Waals surface area contributed by atoms with Crippen LogP contribution in [0.25, 0.3) is 0 Å². The summed E-state index contributed by atoms with van der Waals surface area (Å²) >= 11 is 1.28. The Kier molecular flexibility index (Phi) is 4.11. The molecule has 0 radical (unpaired) electrons. The maximum absolute atomic E-state index is 13.2. The van der Waals surface area contributed by atoms with Gasteiger partial charge in [0.2, 0.25) is 0 Å². The van der Waals surface area contributed by atoms with Gasteiger partial charge in [-0.2, -0.15) is 0 Å². The molecule has 1 aromatic carbocycles. The zero-order valence-corrected chi connectivity index (χ0v) is 10.9. The van der Waals surface area contributed by atoms with Gasteiger partial charge in [-0.3, -0.25) is 0 Å². The molecule has 1 N–H and O–H groups in total. The maximum Gasteiger partial charge on any atom is 0.335 e. The van der Waals surface area contributed by atoms with Crippen molar-refractivity contribution in [2.24, 2.45) is 0 Å². The highest BCUT2D eigenvalue weighted by atomic mass is 32.2. The molecule has 0 atom stereocenters. The minimum absolute atomic E-state index is 0.0987. The number of thioether (sulfide) groups is 1. The lowest BCUT2D eigenvalue weighted by atomic mass is 10.1. The lowest BCUT2D eigenvalue weighted by Crippen LogP contribution is -2.02. The summed E-state index contributed by atoms with van der Waals surface area (Å²) in [7, 11) is 0. The summed E-state index contributed by atoms with van der Waals surface area (Å²) in [6.07, 6.45) is 1.63. The number of aromatic nitrogens is 2. The van der Waals surface area contributed by atoms with Crippen LogP contribution >= 0.6 is 11.8 Å². The number of aromatic carboxylic acids is 1. The first-order valence-electron chi connectivity index (χ1n) is 5.50. The Balaban J connectivity index is 2.19. The highest BCUT2D eigenvalue weighted by Crippen LogP contribution is 2.22. The van der Waals surface area contributed by atoms with Crippen molar-refractivity contribution in [3.8, 4) is 0 Å². The monoisotopic (exact) mass is 278 g/mol. The zero-order valence-electron chi connectivity index (χ0n) is 10.1. The van der Waals surface area contributed by atoms with Crippen molar-refractivity contribution < 1.29 is 14.3 Å². The van der Waals surface area contributed by atoms with Gasteiger partial charge in [-0.1, -0.05) is 11.8 Å². The summed E-state index contributed by atoms with van der Waals surface area (Å²) in [5.41, 5.74) is 1.35. The van der Waals surface area contributed by atoms with Crippen molar-refractivity contribution in [1.82, 2.24) is 9.97 Å². The van der Waals surface area contributed by atoms with Gasteiger partial charge in [0, 0.05) is 17.6 Å². The molecule has 0 aliphatic heterocycles. The molecule has 0 fully saturated rings. The molecule has 2 rings (SSSR count). The molecule has 6 heteroatoms. The Morgan fingerprint density at radius 2 is 2.21 bits per heavy atom. The van der Waals surface area contributed by atoms with Crippen LogP contribution in [0.15, 0.2) is 35.6 Å². The third-order valence-corrected chi connectivity index (χ3v) is 3.34. The smallest absolute Gasteiger partial charge is 0.335 e. The lowest BCUT2D eigenvalue weighted by Gasteiger charge is -2.05. The first-order valence-corrected chi connectivity index (χ1v) is 6.49. The largest absolute Gasteiger partial charge is 0.478 e. The average molecular weight is 278 g/mol. The van der Waals surface area contributed by atoms with Crippen LogP contribution in [-0.2, 0) is 5.75 Å². The number of nitrogens with zero attached hydrogens (tertiary/aromatic N) is 2.